The van der Waals surface area contributed by atoms with E-state index in [-0.39, 0.29) is 30.9 Å². The van der Waals surface area contributed by atoms with E-state index in [0.717, 1.165) is 17.7 Å². The van der Waals surface area contributed by atoms with Gasteiger partial charge in [-0.3, -0.25) is 9.59 Å². The molecule has 3 aromatic carbocycles. The Morgan fingerprint density at radius 2 is 1.61 bits per heavy atom. The first kappa shape index (κ1) is 34.2. The zero-order valence-electron chi connectivity index (χ0n) is 25.8. The highest BCUT2D eigenvalue weighted by Crippen LogP contribution is 2.34. The number of methoxy groups -OCH3 is 1. The number of benzene rings is 3. The Hall–Kier alpha value is -4.34. The molecule has 3 aromatic rings. The molecule has 0 aliphatic heterocycles. The van der Waals surface area contributed by atoms with Crippen LogP contribution < -0.4 is 10.1 Å². The van der Waals surface area contributed by atoms with Gasteiger partial charge in [-0.25, -0.2) is 0 Å². The number of esters is 1. The summed E-state index contributed by atoms with van der Waals surface area (Å²) in [4.78, 5) is 29.3. The quantitative estimate of drug-likeness (QED) is 0.127. The first-order chi connectivity index (χ1) is 20.7. The van der Waals surface area contributed by atoms with Gasteiger partial charge in [-0.05, 0) is 86.2 Å². The molecule has 7 nitrogen and oxygen atoms in total. The van der Waals surface area contributed by atoms with E-state index in [1.807, 2.05) is 32.9 Å². The first-order valence-corrected chi connectivity index (χ1v) is 14.3. The van der Waals surface area contributed by atoms with E-state index in [0.29, 0.717) is 34.4 Å². The third kappa shape index (κ3) is 10.4. The molecular weight excluding hydrogens is 573 g/mol. The van der Waals surface area contributed by atoms with E-state index >= 15 is 0 Å². The van der Waals surface area contributed by atoms with Crippen molar-refractivity contribution >= 4 is 18.1 Å². The van der Waals surface area contributed by atoms with Gasteiger partial charge in [-0.15, -0.1) is 0 Å². The molecule has 0 fully saturated rings. The van der Waals surface area contributed by atoms with E-state index in [1.165, 1.54) is 25.5 Å². The lowest BCUT2D eigenvalue weighted by atomic mass is 9.97. The second-order valence-electron chi connectivity index (χ2n) is 11.7. The minimum absolute atomic E-state index is 0.0807. The molecule has 0 heterocycles. The minimum atomic E-state index is -4.43. The van der Waals surface area contributed by atoms with Gasteiger partial charge in [0.1, 0.15) is 17.5 Å². The van der Waals surface area contributed by atoms with Crippen LogP contribution in [0.3, 0.4) is 0 Å². The second kappa shape index (κ2) is 14.9. The summed E-state index contributed by atoms with van der Waals surface area (Å²) >= 11 is 0. The Labute approximate surface area is 256 Å². The Bertz CT molecular complexity index is 1430. The minimum Gasteiger partial charge on any atom is -0.486 e. The van der Waals surface area contributed by atoms with Crippen molar-refractivity contribution in [3.63, 3.8) is 0 Å². The van der Waals surface area contributed by atoms with Gasteiger partial charge in [0.25, 0.3) is 5.91 Å². The molecule has 1 amide bonds. The summed E-state index contributed by atoms with van der Waals surface area (Å²) in [6, 6.07) is 17.3. The molecule has 0 spiro atoms. The van der Waals surface area contributed by atoms with E-state index in [4.69, 9.17) is 9.57 Å². The zero-order valence-corrected chi connectivity index (χ0v) is 25.8. The van der Waals surface area contributed by atoms with Crippen LogP contribution in [0.15, 0.2) is 71.9 Å². The van der Waals surface area contributed by atoms with Crippen molar-refractivity contribution in [2.45, 2.75) is 65.3 Å². The Kier molecular flexibility index (Phi) is 11.6. The van der Waals surface area contributed by atoms with Gasteiger partial charge in [0.15, 0.2) is 0 Å². The van der Waals surface area contributed by atoms with Crippen LogP contribution in [0.4, 0.5) is 13.2 Å². The maximum atomic E-state index is 13.1. The zero-order chi connectivity index (χ0) is 32.5. The lowest BCUT2D eigenvalue weighted by Gasteiger charge is -2.22. The lowest BCUT2D eigenvalue weighted by molar-refractivity contribution is -0.140. The number of rotatable bonds is 12. The molecule has 0 saturated carbocycles. The molecule has 0 aliphatic carbocycles. The number of nitrogens with zero attached hydrogens (tertiary/aromatic N) is 1. The summed E-state index contributed by atoms with van der Waals surface area (Å²) in [5.41, 5.74) is 1.90. The molecule has 0 saturated heterocycles. The van der Waals surface area contributed by atoms with Gasteiger partial charge in [0.2, 0.25) is 0 Å². The molecule has 1 unspecified atom stereocenters. The summed E-state index contributed by atoms with van der Waals surface area (Å²) in [5, 5.41) is 6.82. The van der Waals surface area contributed by atoms with Crippen LogP contribution in [0.25, 0.3) is 11.1 Å². The van der Waals surface area contributed by atoms with Crippen LogP contribution >= 0.6 is 0 Å². The molecule has 10 heteroatoms. The maximum Gasteiger partial charge on any atom is 0.416 e. The summed E-state index contributed by atoms with van der Waals surface area (Å²) < 4.78 is 50.5. The molecule has 44 heavy (non-hydrogen) atoms. The normalized spacial score (nSPS) is 12.7. The van der Waals surface area contributed by atoms with E-state index in [2.05, 4.69) is 29.1 Å². The number of hydrogen-bond donors (Lipinski definition) is 1. The predicted molar refractivity (Wildman–Crippen MR) is 164 cm³/mol. The van der Waals surface area contributed by atoms with Gasteiger partial charge in [0, 0.05) is 17.7 Å². The Morgan fingerprint density at radius 1 is 0.955 bits per heavy atom. The standard InChI is InChI=1S/C34H39F3N2O5/c1-22(2)19-30(24-7-9-25(10-8-24)32(41)38-18-17-31(40)42-6)43-28-15-16-29(26(20-28)21-39-44-33(3,4)5)23-11-13-27(14-12-23)34(35,36)37/h7-16,20-22,30H,17-19H2,1-6H3,(H,38,41)/b39-21+. The summed E-state index contributed by atoms with van der Waals surface area (Å²) in [6.07, 6.45) is -2.49. The van der Waals surface area contributed by atoms with Crippen LogP contribution in [0.1, 0.15) is 80.6 Å². The van der Waals surface area contributed by atoms with E-state index in [9.17, 15) is 22.8 Å². The van der Waals surface area contributed by atoms with Gasteiger partial charge in [-0.2, -0.15) is 13.2 Å². The highest BCUT2D eigenvalue weighted by atomic mass is 19.4. The van der Waals surface area contributed by atoms with Crippen molar-refractivity contribution in [3.05, 3.63) is 89.0 Å². The van der Waals surface area contributed by atoms with E-state index in [1.54, 1.807) is 30.3 Å². The molecule has 3 rings (SSSR count). The number of ether oxygens (including phenoxy) is 2. The highest BCUT2D eigenvalue weighted by molar-refractivity contribution is 5.94. The average Bonchev–Trinajstić information content (AvgIpc) is 2.95. The molecular formula is C34H39F3N2O5. The van der Waals surface area contributed by atoms with Crippen LogP contribution in [0, 0.1) is 5.92 Å². The van der Waals surface area contributed by atoms with Crippen molar-refractivity contribution in [2.24, 2.45) is 11.1 Å². The maximum absolute atomic E-state index is 13.1. The fourth-order valence-corrected chi connectivity index (χ4v) is 4.24. The van der Waals surface area contributed by atoms with Crippen molar-refractivity contribution in [2.75, 3.05) is 13.7 Å². The van der Waals surface area contributed by atoms with Gasteiger partial charge < -0.3 is 19.6 Å². The number of carbonyl (C=O) groups is 2. The molecule has 0 aromatic heterocycles. The summed E-state index contributed by atoms with van der Waals surface area (Å²) in [6.45, 7) is 9.89. The summed E-state index contributed by atoms with van der Waals surface area (Å²) in [5.74, 6) is 0.113. The largest absolute Gasteiger partial charge is 0.486 e. The second-order valence-corrected chi connectivity index (χ2v) is 11.7. The number of halogens is 3. The van der Waals surface area contributed by atoms with Gasteiger partial charge in [-0.1, -0.05) is 49.3 Å². The smallest absolute Gasteiger partial charge is 0.416 e. The molecule has 0 bridgehead atoms. The first-order valence-electron chi connectivity index (χ1n) is 14.3. The van der Waals surface area contributed by atoms with Crippen LogP contribution in [-0.2, 0) is 20.5 Å². The van der Waals surface area contributed by atoms with Crippen LogP contribution in [0.2, 0.25) is 0 Å². The SMILES string of the molecule is COC(=O)CCNC(=O)c1ccc(C(CC(C)C)Oc2ccc(-c3ccc(C(F)(F)F)cc3)c(/C=N/OC(C)(C)C)c2)cc1. The average molecular weight is 613 g/mol. The van der Waals surface area contributed by atoms with Crippen LogP contribution in [-0.4, -0.2) is 37.3 Å². The Morgan fingerprint density at radius 3 is 2.18 bits per heavy atom. The van der Waals surface area contributed by atoms with E-state index < -0.39 is 23.3 Å². The molecule has 1 N–H and O–H groups in total. The monoisotopic (exact) mass is 612 g/mol. The third-order valence-electron chi connectivity index (χ3n) is 6.42. The number of carbonyl (C=O) groups excluding carboxylic acids is 2. The topological polar surface area (TPSA) is 86.2 Å². The molecule has 0 aliphatic rings. The van der Waals surface area contributed by atoms with Crippen molar-refractivity contribution in [1.82, 2.24) is 5.32 Å². The lowest BCUT2D eigenvalue weighted by Crippen LogP contribution is -2.26. The Balaban J connectivity index is 1.88. The highest BCUT2D eigenvalue weighted by Gasteiger charge is 2.30. The number of alkyl halides is 3. The number of oxime groups is 1. The van der Waals surface area contributed by atoms with Gasteiger partial charge >= 0.3 is 12.1 Å². The fourth-order valence-electron chi connectivity index (χ4n) is 4.24. The van der Waals surface area contributed by atoms with Crippen molar-refractivity contribution in [3.8, 4) is 16.9 Å². The third-order valence-corrected chi connectivity index (χ3v) is 6.42. The van der Waals surface area contributed by atoms with Crippen molar-refractivity contribution < 1.29 is 37.1 Å². The number of nitrogens with one attached hydrogen (secondary N) is 1. The number of hydrogen-bond acceptors (Lipinski definition) is 6. The summed E-state index contributed by atoms with van der Waals surface area (Å²) in [7, 11) is 1.29. The van der Waals surface area contributed by atoms with Crippen molar-refractivity contribution in [1.29, 1.82) is 0 Å². The van der Waals surface area contributed by atoms with Crippen LogP contribution in [0.5, 0.6) is 5.75 Å². The molecule has 1 atom stereocenters. The molecule has 0 radical (unpaired) electrons. The predicted octanol–water partition coefficient (Wildman–Crippen LogP) is 7.98. The fraction of sp³-hybridized carbons (Fsp3) is 0.382. The van der Waals surface area contributed by atoms with Gasteiger partial charge in [0.05, 0.1) is 25.3 Å². The molecule has 236 valence electrons. The number of amides is 1.